The van der Waals surface area contributed by atoms with Gasteiger partial charge >= 0.3 is 0 Å². The van der Waals surface area contributed by atoms with Crippen LogP contribution >= 0.6 is 0 Å². The predicted octanol–water partition coefficient (Wildman–Crippen LogP) is 2.32. The lowest BCUT2D eigenvalue weighted by Gasteiger charge is -2.21. The van der Waals surface area contributed by atoms with Crippen LogP contribution in [0.3, 0.4) is 0 Å². The van der Waals surface area contributed by atoms with Gasteiger partial charge in [0, 0.05) is 49.9 Å². The second-order valence-corrected chi connectivity index (χ2v) is 7.18. The molecule has 0 aromatic heterocycles. The zero-order valence-corrected chi connectivity index (χ0v) is 17.6. The van der Waals surface area contributed by atoms with Crippen LogP contribution in [-0.4, -0.2) is 64.3 Å². The molecular formula is C23H28N2O5. The summed E-state index contributed by atoms with van der Waals surface area (Å²) >= 11 is 0. The minimum Gasteiger partial charge on any atom is -0.497 e. The summed E-state index contributed by atoms with van der Waals surface area (Å²) in [5.41, 5.74) is 1.49. The van der Waals surface area contributed by atoms with Crippen LogP contribution in [0.5, 0.6) is 11.5 Å². The first kappa shape index (κ1) is 21.6. The lowest BCUT2D eigenvalue weighted by molar-refractivity contribution is -0.125. The van der Waals surface area contributed by atoms with Crippen molar-refractivity contribution in [1.82, 2.24) is 10.2 Å². The minimum absolute atomic E-state index is 0.0831. The monoisotopic (exact) mass is 412 g/mol. The van der Waals surface area contributed by atoms with Gasteiger partial charge in [0.2, 0.25) is 5.91 Å². The molecule has 3 rings (SSSR count). The molecule has 0 saturated carbocycles. The number of ether oxygens (including phenoxy) is 3. The van der Waals surface area contributed by atoms with Gasteiger partial charge in [-0.15, -0.1) is 0 Å². The number of benzene rings is 2. The van der Waals surface area contributed by atoms with Gasteiger partial charge in [-0.2, -0.15) is 0 Å². The van der Waals surface area contributed by atoms with Gasteiger partial charge in [0.15, 0.2) is 0 Å². The fourth-order valence-corrected chi connectivity index (χ4v) is 3.85. The number of nitrogens with zero attached hydrogens (tertiary/aromatic N) is 1. The van der Waals surface area contributed by atoms with Crippen LogP contribution in [-0.2, 0) is 9.53 Å². The third kappa shape index (κ3) is 4.74. The van der Waals surface area contributed by atoms with Gasteiger partial charge in [-0.3, -0.25) is 9.59 Å². The molecule has 2 amide bonds. The van der Waals surface area contributed by atoms with E-state index in [1.165, 1.54) is 0 Å². The highest BCUT2D eigenvalue weighted by Gasteiger charge is 2.41. The van der Waals surface area contributed by atoms with Gasteiger partial charge in [-0.1, -0.05) is 24.3 Å². The fourth-order valence-electron chi connectivity index (χ4n) is 3.85. The number of hydrogen-bond acceptors (Lipinski definition) is 5. The maximum Gasteiger partial charge on any atom is 0.253 e. The van der Waals surface area contributed by atoms with Crippen LogP contribution in [0.15, 0.2) is 48.5 Å². The molecule has 1 aliphatic heterocycles. The number of amides is 2. The first-order valence-electron chi connectivity index (χ1n) is 9.92. The quantitative estimate of drug-likeness (QED) is 0.674. The Morgan fingerprint density at radius 1 is 1.03 bits per heavy atom. The smallest absolute Gasteiger partial charge is 0.253 e. The third-order valence-electron chi connectivity index (χ3n) is 5.41. The molecular weight excluding hydrogens is 384 g/mol. The molecule has 1 fully saturated rings. The molecule has 1 saturated heterocycles. The van der Waals surface area contributed by atoms with Gasteiger partial charge < -0.3 is 24.4 Å². The van der Waals surface area contributed by atoms with E-state index in [0.29, 0.717) is 43.3 Å². The van der Waals surface area contributed by atoms with E-state index in [1.807, 2.05) is 30.3 Å². The van der Waals surface area contributed by atoms with Crippen LogP contribution < -0.4 is 14.8 Å². The normalized spacial score (nSPS) is 18.2. The number of carbonyl (C=O) groups excluding carboxylic acids is 2. The summed E-state index contributed by atoms with van der Waals surface area (Å²) in [6, 6.07) is 14.7. The average molecular weight is 412 g/mol. The number of methoxy groups -OCH3 is 3. The first-order valence-corrected chi connectivity index (χ1v) is 9.92. The molecule has 7 heteroatoms. The molecule has 2 atom stereocenters. The van der Waals surface area contributed by atoms with E-state index in [9.17, 15) is 9.59 Å². The average Bonchev–Trinajstić information content (AvgIpc) is 3.24. The lowest BCUT2D eigenvalue weighted by atomic mass is 9.87. The van der Waals surface area contributed by atoms with Crippen LogP contribution in [0, 0.1) is 5.92 Å². The largest absolute Gasteiger partial charge is 0.497 e. The van der Waals surface area contributed by atoms with Gasteiger partial charge in [-0.25, -0.2) is 0 Å². The topological polar surface area (TPSA) is 77.1 Å². The Kier molecular flexibility index (Phi) is 7.30. The van der Waals surface area contributed by atoms with E-state index in [2.05, 4.69) is 5.32 Å². The molecule has 1 N–H and O–H groups in total. The molecule has 0 bridgehead atoms. The van der Waals surface area contributed by atoms with E-state index < -0.39 is 5.92 Å². The highest BCUT2D eigenvalue weighted by Crippen LogP contribution is 2.39. The summed E-state index contributed by atoms with van der Waals surface area (Å²) in [6.07, 6.45) is 0. The number of likely N-dealkylation sites (tertiary alicyclic amines) is 1. The highest BCUT2D eigenvalue weighted by molar-refractivity contribution is 5.95. The van der Waals surface area contributed by atoms with E-state index in [4.69, 9.17) is 14.2 Å². The van der Waals surface area contributed by atoms with E-state index in [1.54, 1.807) is 44.4 Å². The van der Waals surface area contributed by atoms with Crippen molar-refractivity contribution in [1.29, 1.82) is 0 Å². The maximum absolute atomic E-state index is 13.0. The van der Waals surface area contributed by atoms with Crippen LogP contribution in [0.25, 0.3) is 0 Å². The van der Waals surface area contributed by atoms with Gasteiger partial charge in [0.1, 0.15) is 11.5 Å². The summed E-state index contributed by atoms with van der Waals surface area (Å²) in [6.45, 7) is 1.62. The molecule has 2 aromatic rings. The molecule has 1 aliphatic rings. The van der Waals surface area contributed by atoms with Crippen molar-refractivity contribution >= 4 is 11.8 Å². The Bertz CT molecular complexity index is 871. The molecule has 0 aliphatic carbocycles. The second-order valence-electron chi connectivity index (χ2n) is 7.18. The molecule has 2 aromatic carbocycles. The number of hydrogen-bond donors (Lipinski definition) is 1. The predicted molar refractivity (Wildman–Crippen MR) is 113 cm³/mol. The van der Waals surface area contributed by atoms with Crippen molar-refractivity contribution < 1.29 is 23.8 Å². The summed E-state index contributed by atoms with van der Waals surface area (Å²) < 4.78 is 15.9. The molecule has 0 spiro atoms. The SMILES string of the molecule is COCCNC(=O)[C@@H]1CN(C(=O)c2ccccc2)C[C@@H]1c1ccc(OC)cc1OC. The second kappa shape index (κ2) is 10.1. The Hall–Kier alpha value is -3.06. The Labute approximate surface area is 176 Å². The van der Waals surface area contributed by atoms with Gasteiger partial charge in [0.05, 0.1) is 26.7 Å². The maximum atomic E-state index is 13.0. The summed E-state index contributed by atoms with van der Waals surface area (Å²) in [4.78, 5) is 27.7. The third-order valence-corrected chi connectivity index (χ3v) is 5.41. The fraction of sp³-hybridized carbons (Fsp3) is 0.391. The van der Waals surface area contributed by atoms with E-state index >= 15 is 0 Å². The molecule has 160 valence electrons. The van der Waals surface area contributed by atoms with Gasteiger partial charge in [-0.05, 0) is 18.2 Å². The Morgan fingerprint density at radius 3 is 2.47 bits per heavy atom. The number of nitrogens with one attached hydrogen (secondary N) is 1. The minimum atomic E-state index is -0.392. The Morgan fingerprint density at radius 2 is 1.80 bits per heavy atom. The van der Waals surface area contributed by atoms with Gasteiger partial charge in [0.25, 0.3) is 5.91 Å². The summed E-state index contributed by atoms with van der Waals surface area (Å²) in [5, 5.41) is 2.92. The molecule has 0 radical (unpaired) electrons. The van der Waals surface area contributed by atoms with Crippen LogP contribution in [0.1, 0.15) is 21.8 Å². The van der Waals surface area contributed by atoms with Crippen LogP contribution in [0.2, 0.25) is 0 Å². The summed E-state index contributed by atoms with van der Waals surface area (Å²) in [5.74, 6) is 0.548. The zero-order valence-electron chi connectivity index (χ0n) is 17.6. The number of rotatable bonds is 8. The van der Waals surface area contributed by atoms with Crippen molar-refractivity contribution in [2.75, 3.05) is 47.6 Å². The van der Waals surface area contributed by atoms with E-state index in [0.717, 1.165) is 5.56 Å². The number of carbonyl (C=O) groups is 2. The van der Waals surface area contributed by atoms with Crippen molar-refractivity contribution in [2.24, 2.45) is 5.92 Å². The van der Waals surface area contributed by atoms with Crippen LogP contribution in [0.4, 0.5) is 0 Å². The van der Waals surface area contributed by atoms with Crippen molar-refractivity contribution in [3.8, 4) is 11.5 Å². The van der Waals surface area contributed by atoms with Crippen molar-refractivity contribution in [3.63, 3.8) is 0 Å². The standard InChI is InChI=1S/C23H28N2O5/c1-28-12-11-24-22(26)20-15-25(23(27)16-7-5-4-6-8-16)14-19(20)18-10-9-17(29-2)13-21(18)30-3/h4-10,13,19-20H,11-12,14-15H2,1-3H3,(H,24,26)/t19-,20-/m1/s1. The zero-order chi connectivity index (χ0) is 21.5. The molecule has 0 unspecified atom stereocenters. The summed E-state index contributed by atoms with van der Waals surface area (Å²) in [7, 11) is 4.77. The molecule has 1 heterocycles. The van der Waals surface area contributed by atoms with Crippen molar-refractivity contribution in [3.05, 3.63) is 59.7 Å². The molecule has 30 heavy (non-hydrogen) atoms. The van der Waals surface area contributed by atoms with Crippen molar-refractivity contribution in [2.45, 2.75) is 5.92 Å². The lowest BCUT2D eigenvalue weighted by Crippen LogP contribution is -2.37. The van der Waals surface area contributed by atoms with E-state index in [-0.39, 0.29) is 17.7 Å². The molecule has 7 nitrogen and oxygen atoms in total. The Balaban J connectivity index is 1.89. The first-order chi connectivity index (χ1) is 14.6. The highest BCUT2D eigenvalue weighted by atomic mass is 16.5.